The van der Waals surface area contributed by atoms with Gasteiger partial charge in [-0.2, -0.15) is 0 Å². The summed E-state index contributed by atoms with van der Waals surface area (Å²) in [7, 11) is 1.61. The van der Waals surface area contributed by atoms with Crippen molar-refractivity contribution in [2.24, 2.45) is 0 Å². The third-order valence-electron chi connectivity index (χ3n) is 4.41. The molecule has 0 radical (unpaired) electrons. The van der Waals surface area contributed by atoms with Crippen LogP contribution in [-0.4, -0.2) is 61.7 Å². The molecule has 1 amide bonds. The van der Waals surface area contributed by atoms with E-state index in [-0.39, 0.29) is 38.0 Å². The molecule has 1 saturated heterocycles. The van der Waals surface area contributed by atoms with Crippen LogP contribution in [0.2, 0.25) is 0 Å². The van der Waals surface area contributed by atoms with Gasteiger partial charge in [0, 0.05) is 25.1 Å². The Morgan fingerprint density at radius 3 is 2.57 bits per heavy atom. The smallest absolute Gasteiger partial charge is 0.328 e. The number of carbonyl (C=O) groups is 3. The number of nitrogens with one attached hydrogen (secondary N) is 1. The van der Waals surface area contributed by atoms with Crippen molar-refractivity contribution < 1.29 is 28.6 Å². The minimum absolute atomic E-state index is 0.0349. The van der Waals surface area contributed by atoms with E-state index in [1.54, 1.807) is 21.0 Å². The normalized spacial score (nSPS) is 18.7. The van der Waals surface area contributed by atoms with Crippen LogP contribution in [0, 0.1) is 0 Å². The van der Waals surface area contributed by atoms with Crippen LogP contribution in [0.15, 0.2) is 24.3 Å². The van der Waals surface area contributed by atoms with Crippen molar-refractivity contribution in [1.82, 2.24) is 10.2 Å². The average Bonchev–Trinajstić information content (AvgIpc) is 3.45. The lowest BCUT2D eigenvalue weighted by Crippen LogP contribution is -2.44. The van der Waals surface area contributed by atoms with Gasteiger partial charge >= 0.3 is 11.9 Å². The summed E-state index contributed by atoms with van der Waals surface area (Å²) < 4.78 is 15.2. The summed E-state index contributed by atoms with van der Waals surface area (Å²) in [4.78, 5) is 38.2. The van der Waals surface area contributed by atoms with Crippen molar-refractivity contribution >= 4 is 17.8 Å². The highest BCUT2D eigenvalue weighted by atomic mass is 16.5. The number of methoxy groups -OCH3 is 1. The predicted molar refractivity (Wildman–Crippen MR) is 102 cm³/mol. The molecule has 28 heavy (non-hydrogen) atoms. The molecule has 0 saturated carbocycles. The molecular weight excluding hydrogens is 364 g/mol. The van der Waals surface area contributed by atoms with Crippen LogP contribution in [0.5, 0.6) is 5.75 Å². The number of ether oxygens (including phenoxy) is 3. The molecule has 3 unspecified atom stereocenters. The molecule has 1 aliphatic rings. The Kier molecular flexibility index (Phi) is 8.25. The van der Waals surface area contributed by atoms with Gasteiger partial charge < -0.3 is 19.5 Å². The zero-order valence-electron chi connectivity index (χ0n) is 16.6. The van der Waals surface area contributed by atoms with Gasteiger partial charge in [0.15, 0.2) is 0 Å². The second-order valence-electron chi connectivity index (χ2n) is 6.41. The summed E-state index contributed by atoms with van der Waals surface area (Å²) in [5, 5.41) is 2.71. The average molecular weight is 392 g/mol. The van der Waals surface area contributed by atoms with Crippen molar-refractivity contribution in [3.63, 3.8) is 0 Å². The first kappa shape index (κ1) is 21.7. The van der Waals surface area contributed by atoms with E-state index in [1.165, 1.54) is 0 Å². The van der Waals surface area contributed by atoms with Crippen LogP contribution in [-0.2, 0) is 30.4 Å². The van der Waals surface area contributed by atoms with Crippen molar-refractivity contribution in [3.8, 4) is 5.75 Å². The summed E-state index contributed by atoms with van der Waals surface area (Å²) in [5.41, 5.74) is 0.990. The largest absolute Gasteiger partial charge is 0.496 e. The first-order valence-corrected chi connectivity index (χ1v) is 9.48. The number of para-hydroxylation sites is 1. The number of amides is 1. The lowest BCUT2D eigenvalue weighted by molar-refractivity contribution is -0.148. The molecule has 154 valence electrons. The minimum atomic E-state index is -0.870. The number of rotatable bonds is 11. The van der Waals surface area contributed by atoms with Gasteiger partial charge in [0.2, 0.25) is 5.91 Å². The Labute approximate surface area is 165 Å². The van der Waals surface area contributed by atoms with E-state index in [0.717, 1.165) is 11.3 Å². The van der Waals surface area contributed by atoms with Crippen LogP contribution in [0.3, 0.4) is 0 Å². The van der Waals surface area contributed by atoms with Crippen LogP contribution in [0.25, 0.3) is 0 Å². The summed E-state index contributed by atoms with van der Waals surface area (Å²) in [6.45, 7) is 5.05. The Morgan fingerprint density at radius 1 is 1.18 bits per heavy atom. The molecule has 8 heteroatoms. The second kappa shape index (κ2) is 10.7. The monoisotopic (exact) mass is 392 g/mol. The Balaban J connectivity index is 1.90. The Morgan fingerprint density at radius 2 is 1.89 bits per heavy atom. The second-order valence-corrected chi connectivity index (χ2v) is 6.41. The van der Waals surface area contributed by atoms with Crippen molar-refractivity contribution in [2.45, 2.75) is 45.3 Å². The maximum absolute atomic E-state index is 12.5. The van der Waals surface area contributed by atoms with Crippen LogP contribution in [0.4, 0.5) is 0 Å². The maximum atomic E-state index is 12.5. The highest BCUT2D eigenvalue weighted by Gasteiger charge is 2.41. The van der Waals surface area contributed by atoms with Gasteiger partial charge in [0.05, 0.1) is 20.3 Å². The fourth-order valence-electron chi connectivity index (χ4n) is 2.91. The highest BCUT2D eigenvalue weighted by Crippen LogP contribution is 2.26. The Hall–Kier alpha value is -2.61. The van der Waals surface area contributed by atoms with Gasteiger partial charge in [-0.15, -0.1) is 0 Å². The predicted octanol–water partition coefficient (Wildman–Crippen LogP) is 1.27. The standard InChI is InChI=1S/C20H28N2O6/c1-4-27-18(23)11-10-15(20(25)28-5-2)21-19(24)16-13-22(16)12-14-8-6-7-9-17(14)26-3/h6-9,15-16H,4-5,10-13H2,1-3H3,(H,21,24). The topological polar surface area (TPSA) is 93.9 Å². The van der Waals surface area contributed by atoms with Crippen LogP contribution >= 0.6 is 0 Å². The molecule has 3 atom stereocenters. The zero-order chi connectivity index (χ0) is 20.5. The van der Waals surface area contributed by atoms with Crippen molar-refractivity contribution in [2.75, 3.05) is 26.9 Å². The molecule has 0 aromatic heterocycles. The fraction of sp³-hybridized carbons (Fsp3) is 0.550. The summed E-state index contributed by atoms with van der Waals surface area (Å²) in [6.07, 6.45) is 0.176. The number of hydrogen-bond acceptors (Lipinski definition) is 7. The van der Waals surface area contributed by atoms with E-state index in [4.69, 9.17) is 14.2 Å². The number of carbonyl (C=O) groups excluding carboxylic acids is 3. The Bertz CT molecular complexity index is 693. The lowest BCUT2D eigenvalue weighted by Gasteiger charge is -2.17. The van der Waals surface area contributed by atoms with E-state index in [9.17, 15) is 14.4 Å². The van der Waals surface area contributed by atoms with Gasteiger partial charge in [0.25, 0.3) is 0 Å². The number of esters is 2. The van der Waals surface area contributed by atoms with Gasteiger partial charge in [0.1, 0.15) is 17.8 Å². The molecule has 1 aliphatic heterocycles. The van der Waals surface area contributed by atoms with Gasteiger partial charge in [-0.3, -0.25) is 14.5 Å². The highest BCUT2D eigenvalue weighted by molar-refractivity contribution is 5.89. The van der Waals surface area contributed by atoms with Crippen LogP contribution in [0.1, 0.15) is 32.3 Å². The zero-order valence-corrected chi connectivity index (χ0v) is 16.6. The third kappa shape index (κ3) is 6.23. The van der Waals surface area contributed by atoms with Crippen molar-refractivity contribution in [1.29, 1.82) is 0 Å². The summed E-state index contributed by atoms with van der Waals surface area (Å²) in [5.74, 6) is -0.434. The molecule has 1 aromatic rings. The molecule has 1 fully saturated rings. The number of hydrogen-bond donors (Lipinski definition) is 1. The third-order valence-corrected chi connectivity index (χ3v) is 4.41. The van der Waals surface area contributed by atoms with E-state index in [2.05, 4.69) is 5.32 Å². The maximum Gasteiger partial charge on any atom is 0.328 e. The molecule has 0 aliphatic carbocycles. The molecule has 8 nitrogen and oxygen atoms in total. The van der Waals surface area contributed by atoms with Crippen LogP contribution < -0.4 is 10.1 Å². The number of benzene rings is 1. The quantitative estimate of drug-likeness (QED) is 0.448. The van der Waals surface area contributed by atoms with Gasteiger partial charge in [-0.05, 0) is 26.3 Å². The molecule has 2 rings (SSSR count). The van der Waals surface area contributed by atoms with E-state index >= 15 is 0 Å². The molecule has 1 heterocycles. The number of nitrogens with zero attached hydrogens (tertiary/aromatic N) is 1. The first-order valence-electron chi connectivity index (χ1n) is 9.48. The summed E-state index contributed by atoms with van der Waals surface area (Å²) in [6, 6.07) is 6.45. The molecule has 0 spiro atoms. The van der Waals surface area contributed by atoms with Gasteiger partial charge in [-0.1, -0.05) is 18.2 Å². The SMILES string of the molecule is CCOC(=O)CCC(NC(=O)C1CN1Cc1ccccc1OC)C(=O)OCC. The first-order chi connectivity index (χ1) is 13.5. The minimum Gasteiger partial charge on any atom is -0.496 e. The molecule has 1 aromatic carbocycles. The summed E-state index contributed by atoms with van der Waals surface area (Å²) >= 11 is 0. The van der Waals surface area contributed by atoms with Gasteiger partial charge in [-0.25, -0.2) is 4.79 Å². The fourth-order valence-corrected chi connectivity index (χ4v) is 2.91. The van der Waals surface area contributed by atoms with E-state index in [1.807, 2.05) is 29.2 Å². The molecule has 1 N–H and O–H groups in total. The molecular formula is C20H28N2O6. The van der Waals surface area contributed by atoms with E-state index in [0.29, 0.717) is 13.1 Å². The molecule has 0 bridgehead atoms. The van der Waals surface area contributed by atoms with E-state index < -0.39 is 18.0 Å². The lowest BCUT2D eigenvalue weighted by atomic mass is 10.1. The van der Waals surface area contributed by atoms with Crippen molar-refractivity contribution in [3.05, 3.63) is 29.8 Å².